The van der Waals surface area contributed by atoms with Crippen molar-refractivity contribution in [2.24, 2.45) is 7.05 Å². The summed E-state index contributed by atoms with van der Waals surface area (Å²) in [6, 6.07) is 0. The van der Waals surface area contributed by atoms with E-state index in [1.807, 2.05) is 20.9 Å². The Bertz CT molecular complexity index is 597. The number of carbonyl (C=O) groups excluding carboxylic acids is 1. The van der Waals surface area contributed by atoms with Gasteiger partial charge in [-0.05, 0) is 12.8 Å². The molecule has 0 saturated heterocycles. The number of nitrogens with two attached hydrogens (primary N) is 1. The number of aromatic nitrogens is 4. The highest BCUT2D eigenvalue weighted by molar-refractivity contribution is 6.06. The molecule has 0 aliphatic carbocycles. The number of aromatic amines is 1. The van der Waals surface area contributed by atoms with Crippen molar-refractivity contribution < 1.29 is 4.79 Å². The van der Waals surface area contributed by atoms with Crippen molar-refractivity contribution in [1.29, 1.82) is 0 Å². The first-order valence-electron chi connectivity index (χ1n) is 6.23. The molecule has 2 aromatic heterocycles. The first kappa shape index (κ1) is 13.1. The van der Waals surface area contributed by atoms with E-state index in [2.05, 4.69) is 20.6 Å². The number of nitrogens with zero attached hydrogens (tertiary/aromatic N) is 3. The molecule has 0 unspecified atom stereocenters. The Morgan fingerprint density at radius 3 is 2.79 bits per heavy atom. The molecule has 0 atom stereocenters. The van der Waals surface area contributed by atoms with Gasteiger partial charge in [-0.25, -0.2) is 0 Å². The van der Waals surface area contributed by atoms with Crippen LogP contribution in [0.15, 0.2) is 6.20 Å². The molecular weight excluding hydrogens is 244 g/mol. The van der Waals surface area contributed by atoms with E-state index in [0.717, 1.165) is 17.8 Å². The van der Waals surface area contributed by atoms with E-state index in [4.69, 9.17) is 5.73 Å². The van der Waals surface area contributed by atoms with Crippen LogP contribution in [0.2, 0.25) is 0 Å². The largest absolute Gasteiger partial charge is 0.395 e. The molecule has 0 aliphatic rings. The Labute approximate surface area is 111 Å². The molecule has 2 heterocycles. The highest BCUT2D eigenvalue weighted by Gasteiger charge is 2.18. The predicted molar refractivity (Wildman–Crippen MR) is 72.9 cm³/mol. The standard InChI is InChI=1S/C12H18N6O/c1-4-7-9(6-18(3)17-7)14-12(19)11-10(13)8(5-2)15-16-11/h6H,4-5,13H2,1-3H3,(H,14,19)(H,15,16). The summed E-state index contributed by atoms with van der Waals surface area (Å²) < 4.78 is 1.67. The van der Waals surface area contributed by atoms with Gasteiger partial charge in [-0.1, -0.05) is 13.8 Å². The lowest BCUT2D eigenvalue weighted by Gasteiger charge is -2.02. The second-order valence-corrected chi connectivity index (χ2v) is 4.29. The highest BCUT2D eigenvalue weighted by Crippen LogP contribution is 2.18. The van der Waals surface area contributed by atoms with Gasteiger partial charge < -0.3 is 11.1 Å². The van der Waals surface area contributed by atoms with Crippen LogP contribution in [0.1, 0.15) is 35.7 Å². The maximum absolute atomic E-state index is 12.1. The average Bonchev–Trinajstić information content (AvgIpc) is 2.92. The minimum absolute atomic E-state index is 0.225. The Hall–Kier alpha value is -2.31. The van der Waals surface area contributed by atoms with Gasteiger partial charge in [0.15, 0.2) is 5.69 Å². The van der Waals surface area contributed by atoms with Crippen LogP contribution in [-0.4, -0.2) is 25.9 Å². The molecule has 0 fully saturated rings. The lowest BCUT2D eigenvalue weighted by atomic mass is 10.2. The second kappa shape index (κ2) is 5.13. The number of nitrogen functional groups attached to an aromatic ring is 1. The number of anilines is 2. The van der Waals surface area contributed by atoms with Crippen LogP contribution in [0.25, 0.3) is 0 Å². The molecular formula is C12H18N6O. The van der Waals surface area contributed by atoms with Crippen LogP contribution in [0, 0.1) is 0 Å². The van der Waals surface area contributed by atoms with Crippen LogP contribution in [0.5, 0.6) is 0 Å². The third-order valence-electron chi connectivity index (χ3n) is 2.94. The van der Waals surface area contributed by atoms with E-state index in [-0.39, 0.29) is 11.6 Å². The lowest BCUT2D eigenvalue weighted by Crippen LogP contribution is -2.15. The van der Waals surface area contributed by atoms with Gasteiger partial charge in [0.25, 0.3) is 5.91 Å². The molecule has 2 rings (SSSR count). The van der Waals surface area contributed by atoms with Gasteiger partial charge in [0.05, 0.1) is 22.8 Å². The fraction of sp³-hybridized carbons (Fsp3) is 0.417. The van der Waals surface area contributed by atoms with E-state index < -0.39 is 0 Å². The Balaban J connectivity index is 2.23. The van der Waals surface area contributed by atoms with Crippen molar-refractivity contribution in [3.05, 3.63) is 23.3 Å². The Kier molecular flexibility index (Phi) is 3.55. The molecule has 2 aromatic rings. The van der Waals surface area contributed by atoms with Crippen LogP contribution in [-0.2, 0) is 19.9 Å². The number of carbonyl (C=O) groups is 1. The SMILES string of the molecule is CCc1nn(C)cc1NC(=O)c1n[nH]c(CC)c1N. The molecule has 4 N–H and O–H groups in total. The van der Waals surface area contributed by atoms with E-state index in [1.165, 1.54) is 0 Å². The third-order valence-corrected chi connectivity index (χ3v) is 2.94. The highest BCUT2D eigenvalue weighted by atomic mass is 16.2. The quantitative estimate of drug-likeness (QED) is 0.767. The number of nitrogens with one attached hydrogen (secondary N) is 2. The summed E-state index contributed by atoms with van der Waals surface area (Å²) in [5.74, 6) is -0.323. The van der Waals surface area contributed by atoms with Gasteiger partial charge in [-0.15, -0.1) is 0 Å². The maximum Gasteiger partial charge on any atom is 0.278 e. The topological polar surface area (TPSA) is 102 Å². The zero-order valence-electron chi connectivity index (χ0n) is 11.3. The van der Waals surface area contributed by atoms with E-state index >= 15 is 0 Å². The number of H-pyrrole nitrogens is 1. The van der Waals surface area contributed by atoms with E-state index in [1.54, 1.807) is 10.9 Å². The molecule has 19 heavy (non-hydrogen) atoms. The molecule has 7 nitrogen and oxygen atoms in total. The van der Waals surface area contributed by atoms with Crippen molar-refractivity contribution in [1.82, 2.24) is 20.0 Å². The maximum atomic E-state index is 12.1. The van der Waals surface area contributed by atoms with Crippen LogP contribution in [0.4, 0.5) is 11.4 Å². The van der Waals surface area contributed by atoms with Gasteiger partial charge in [-0.2, -0.15) is 10.2 Å². The average molecular weight is 262 g/mol. The van der Waals surface area contributed by atoms with E-state index in [0.29, 0.717) is 17.8 Å². The van der Waals surface area contributed by atoms with Gasteiger partial charge in [0.2, 0.25) is 0 Å². The van der Waals surface area contributed by atoms with Gasteiger partial charge >= 0.3 is 0 Å². The fourth-order valence-electron chi connectivity index (χ4n) is 1.91. The van der Waals surface area contributed by atoms with Crippen molar-refractivity contribution in [2.45, 2.75) is 26.7 Å². The summed E-state index contributed by atoms with van der Waals surface area (Å²) in [6.07, 6.45) is 3.21. The summed E-state index contributed by atoms with van der Waals surface area (Å²) in [4.78, 5) is 12.1. The predicted octanol–water partition coefficient (Wildman–Crippen LogP) is 1.10. The third kappa shape index (κ3) is 2.44. The van der Waals surface area contributed by atoms with Crippen molar-refractivity contribution in [3.8, 4) is 0 Å². The number of aryl methyl sites for hydroxylation is 3. The fourth-order valence-corrected chi connectivity index (χ4v) is 1.91. The van der Waals surface area contributed by atoms with Crippen molar-refractivity contribution >= 4 is 17.3 Å². The Morgan fingerprint density at radius 1 is 1.47 bits per heavy atom. The molecule has 7 heteroatoms. The summed E-state index contributed by atoms with van der Waals surface area (Å²) in [7, 11) is 1.81. The summed E-state index contributed by atoms with van der Waals surface area (Å²) in [5, 5.41) is 13.8. The molecule has 0 spiro atoms. The van der Waals surface area contributed by atoms with Crippen molar-refractivity contribution in [2.75, 3.05) is 11.1 Å². The molecule has 0 aromatic carbocycles. The van der Waals surface area contributed by atoms with Gasteiger partial charge in [0, 0.05) is 13.2 Å². The summed E-state index contributed by atoms with van der Waals surface area (Å²) >= 11 is 0. The normalized spacial score (nSPS) is 10.7. The zero-order chi connectivity index (χ0) is 14.0. The molecule has 0 radical (unpaired) electrons. The summed E-state index contributed by atoms with van der Waals surface area (Å²) in [6.45, 7) is 3.93. The molecule has 0 bridgehead atoms. The van der Waals surface area contributed by atoms with Crippen LogP contribution < -0.4 is 11.1 Å². The second-order valence-electron chi connectivity index (χ2n) is 4.29. The summed E-state index contributed by atoms with van der Waals surface area (Å²) in [5.41, 5.74) is 8.79. The zero-order valence-corrected chi connectivity index (χ0v) is 11.3. The van der Waals surface area contributed by atoms with Crippen molar-refractivity contribution in [3.63, 3.8) is 0 Å². The van der Waals surface area contributed by atoms with E-state index in [9.17, 15) is 4.79 Å². The number of hydrogen-bond acceptors (Lipinski definition) is 4. The first-order chi connectivity index (χ1) is 9.06. The Morgan fingerprint density at radius 2 is 2.21 bits per heavy atom. The first-order valence-corrected chi connectivity index (χ1v) is 6.23. The van der Waals surface area contributed by atoms with Gasteiger partial charge in [-0.3, -0.25) is 14.6 Å². The lowest BCUT2D eigenvalue weighted by molar-refractivity contribution is 0.102. The molecule has 0 aliphatic heterocycles. The minimum atomic E-state index is -0.323. The number of hydrogen-bond donors (Lipinski definition) is 3. The van der Waals surface area contributed by atoms with Crippen LogP contribution in [0.3, 0.4) is 0 Å². The minimum Gasteiger partial charge on any atom is -0.395 e. The molecule has 0 saturated carbocycles. The number of amides is 1. The van der Waals surface area contributed by atoms with Gasteiger partial charge in [0.1, 0.15) is 0 Å². The molecule has 102 valence electrons. The van der Waals surface area contributed by atoms with Crippen LogP contribution >= 0.6 is 0 Å². The number of rotatable bonds is 4. The monoisotopic (exact) mass is 262 g/mol. The smallest absolute Gasteiger partial charge is 0.278 e. The molecule has 1 amide bonds.